The number of ether oxygens (including phenoxy) is 1. The van der Waals surface area contributed by atoms with Crippen molar-refractivity contribution in [2.24, 2.45) is 0 Å². The summed E-state index contributed by atoms with van der Waals surface area (Å²) in [7, 11) is -2.00. The minimum atomic E-state index is -3.58. The predicted octanol–water partition coefficient (Wildman–Crippen LogP) is 2.70. The number of nitrogens with one attached hydrogen (secondary N) is 2. The Hall–Kier alpha value is -2.38. The van der Waals surface area contributed by atoms with Crippen LogP contribution < -0.4 is 14.8 Å². The van der Waals surface area contributed by atoms with Crippen LogP contribution in [-0.4, -0.2) is 27.5 Å². The summed E-state index contributed by atoms with van der Waals surface area (Å²) in [6.07, 6.45) is 0.697. The van der Waals surface area contributed by atoms with Crippen LogP contribution in [0.5, 0.6) is 5.75 Å². The standard InChI is InChI=1S/C19H24N2O4S/c1-4-14(2)21-26(23,24)17-11-9-15(10-12-17)19(22)20-13-16-7-5-6-8-18(16)25-3/h5-12,14,21H,4,13H2,1-3H3,(H,20,22). The van der Waals surface area contributed by atoms with Gasteiger partial charge in [-0.15, -0.1) is 0 Å². The molecule has 6 nitrogen and oxygen atoms in total. The topological polar surface area (TPSA) is 84.5 Å². The van der Waals surface area contributed by atoms with Crippen LogP contribution in [0.25, 0.3) is 0 Å². The molecule has 0 spiro atoms. The fourth-order valence-electron chi connectivity index (χ4n) is 2.33. The zero-order valence-corrected chi connectivity index (χ0v) is 16.0. The van der Waals surface area contributed by atoms with E-state index >= 15 is 0 Å². The van der Waals surface area contributed by atoms with Crippen molar-refractivity contribution < 1.29 is 17.9 Å². The molecular weight excluding hydrogens is 352 g/mol. The van der Waals surface area contributed by atoms with Gasteiger partial charge in [-0.05, 0) is 43.7 Å². The SMILES string of the molecule is CCC(C)NS(=O)(=O)c1ccc(C(=O)NCc2ccccc2OC)cc1. The predicted molar refractivity (Wildman–Crippen MR) is 101 cm³/mol. The number of sulfonamides is 1. The maximum atomic E-state index is 12.3. The van der Waals surface area contributed by atoms with Gasteiger partial charge in [-0.25, -0.2) is 13.1 Å². The first-order chi connectivity index (χ1) is 12.4. The van der Waals surface area contributed by atoms with Gasteiger partial charge in [0.1, 0.15) is 5.75 Å². The van der Waals surface area contributed by atoms with Crippen molar-refractivity contribution in [1.29, 1.82) is 0 Å². The van der Waals surface area contributed by atoms with E-state index in [4.69, 9.17) is 4.74 Å². The number of rotatable bonds is 8. The molecule has 2 N–H and O–H groups in total. The van der Waals surface area contributed by atoms with Crippen LogP contribution in [0.1, 0.15) is 36.2 Å². The minimum absolute atomic E-state index is 0.138. The largest absolute Gasteiger partial charge is 0.496 e. The van der Waals surface area contributed by atoms with E-state index in [9.17, 15) is 13.2 Å². The van der Waals surface area contributed by atoms with Crippen LogP contribution in [0.3, 0.4) is 0 Å². The summed E-state index contributed by atoms with van der Waals surface area (Å²) in [6, 6.07) is 13.1. The first kappa shape index (κ1) is 19.9. The third kappa shape index (κ3) is 5.06. The molecule has 0 radical (unpaired) electrons. The zero-order valence-electron chi connectivity index (χ0n) is 15.2. The highest BCUT2D eigenvalue weighted by Gasteiger charge is 2.17. The van der Waals surface area contributed by atoms with Crippen molar-refractivity contribution >= 4 is 15.9 Å². The van der Waals surface area contributed by atoms with E-state index in [1.807, 2.05) is 31.2 Å². The van der Waals surface area contributed by atoms with Gasteiger partial charge in [0.15, 0.2) is 0 Å². The maximum absolute atomic E-state index is 12.3. The van der Waals surface area contributed by atoms with Crippen molar-refractivity contribution in [3.8, 4) is 5.75 Å². The summed E-state index contributed by atoms with van der Waals surface area (Å²) < 4.78 is 32.3. The number of hydrogen-bond acceptors (Lipinski definition) is 4. The van der Waals surface area contributed by atoms with Gasteiger partial charge in [-0.3, -0.25) is 4.79 Å². The molecule has 0 aliphatic heterocycles. The number of carbonyl (C=O) groups excluding carboxylic acids is 1. The first-order valence-corrected chi connectivity index (χ1v) is 9.88. The Balaban J connectivity index is 2.04. The van der Waals surface area contributed by atoms with Crippen LogP contribution in [-0.2, 0) is 16.6 Å². The smallest absolute Gasteiger partial charge is 0.251 e. The summed E-state index contributed by atoms with van der Waals surface area (Å²) in [5, 5.41) is 2.81. The highest BCUT2D eigenvalue weighted by atomic mass is 32.2. The average Bonchev–Trinajstić information content (AvgIpc) is 2.66. The van der Waals surface area contributed by atoms with Gasteiger partial charge in [0.05, 0.1) is 12.0 Å². The molecule has 0 bridgehead atoms. The molecule has 0 heterocycles. The molecule has 7 heteroatoms. The van der Waals surface area contributed by atoms with Crippen LogP contribution in [0.15, 0.2) is 53.4 Å². The lowest BCUT2D eigenvalue weighted by molar-refractivity contribution is 0.0950. The number of benzene rings is 2. The summed E-state index contributed by atoms with van der Waals surface area (Å²) in [6.45, 7) is 4.03. The molecule has 1 atom stereocenters. The second-order valence-electron chi connectivity index (χ2n) is 5.95. The molecule has 2 rings (SSSR count). The lowest BCUT2D eigenvalue weighted by Gasteiger charge is -2.12. The normalized spacial score (nSPS) is 12.4. The molecular formula is C19H24N2O4S. The van der Waals surface area contributed by atoms with Crippen molar-refractivity contribution in [3.63, 3.8) is 0 Å². The second-order valence-corrected chi connectivity index (χ2v) is 7.66. The third-order valence-corrected chi connectivity index (χ3v) is 5.63. The lowest BCUT2D eigenvalue weighted by atomic mass is 10.2. The molecule has 0 aromatic heterocycles. The van der Waals surface area contributed by atoms with Crippen LogP contribution in [0.2, 0.25) is 0 Å². The van der Waals surface area contributed by atoms with E-state index in [-0.39, 0.29) is 16.8 Å². The molecule has 1 amide bonds. The van der Waals surface area contributed by atoms with Gasteiger partial charge in [-0.1, -0.05) is 25.1 Å². The number of carbonyl (C=O) groups is 1. The van der Waals surface area contributed by atoms with Gasteiger partial charge >= 0.3 is 0 Å². The molecule has 1 unspecified atom stereocenters. The lowest BCUT2D eigenvalue weighted by Crippen LogP contribution is -2.32. The monoisotopic (exact) mass is 376 g/mol. The van der Waals surface area contributed by atoms with Gasteiger partial charge in [-0.2, -0.15) is 0 Å². The van der Waals surface area contributed by atoms with Crippen molar-refractivity contribution in [2.75, 3.05) is 7.11 Å². The molecule has 140 valence electrons. The van der Waals surface area contributed by atoms with E-state index in [1.54, 1.807) is 14.0 Å². The number of para-hydroxylation sites is 1. The second kappa shape index (κ2) is 8.82. The maximum Gasteiger partial charge on any atom is 0.251 e. The quantitative estimate of drug-likeness (QED) is 0.742. The minimum Gasteiger partial charge on any atom is -0.496 e. The molecule has 0 aliphatic rings. The summed E-state index contributed by atoms with van der Waals surface area (Å²) >= 11 is 0. The van der Waals surface area contributed by atoms with Gasteiger partial charge in [0.25, 0.3) is 5.91 Å². The Morgan fingerprint density at radius 1 is 1.12 bits per heavy atom. The Kier molecular flexibility index (Phi) is 6.76. The van der Waals surface area contributed by atoms with Crippen LogP contribution in [0, 0.1) is 0 Å². The highest BCUT2D eigenvalue weighted by Crippen LogP contribution is 2.17. The van der Waals surface area contributed by atoms with E-state index in [1.165, 1.54) is 24.3 Å². The Labute approximate surface area is 154 Å². The van der Waals surface area contributed by atoms with Gasteiger partial charge in [0, 0.05) is 23.7 Å². The Morgan fingerprint density at radius 2 is 1.77 bits per heavy atom. The molecule has 0 saturated carbocycles. The molecule has 0 saturated heterocycles. The average molecular weight is 376 g/mol. The molecule has 26 heavy (non-hydrogen) atoms. The Bertz CT molecular complexity index is 848. The highest BCUT2D eigenvalue weighted by molar-refractivity contribution is 7.89. The zero-order chi connectivity index (χ0) is 19.2. The van der Waals surface area contributed by atoms with E-state index in [0.29, 0.717) is 24.3 Å². The van der Waals surface area contributed by atoms with Crippen molar-refractivity contribution in [3.05, 3.63) is 59.7 Å². The summed E-state index contributed by atoms with van der Waals surface area (Å²) in [5.74, 6) is 0.417. The number of hydrogen-bond donors (Lipinski definition) is 2. The van der Waals surface area contributed by atoms with Crippen LogP contribution in [0.4, 0.5) is 0 Å². The fourth-order valence-corrected chi connectivity index (χ4v) is 3.66. The first-order valence-electron chi connectivity index (χ1n) is 8.40. The van der Waals surface area contributed by atoms with Crippen molar-refractivity contribution in [1.82, 2.24) is 10.0 Å². The molecule has 2 aromatic carbocycles. The number of amides is 1. The molecule has 2 aromatic rings. The number of methoxy groups -OCH3 is 1. The molecule has 0 fully saturated rings. The van der Waals surface area contributed by atoms with Crippen molar-refractivity contribution in [2.45, 2.75) is 37.8 Å². The van der Waals surface area contributed by atoms with Gasteiger partial charge < -0.3 is 10.1 Å². The van der Waals surface area contributed by atoms with E-state index < -0.39 is 10.0 Å². The van der Waals surface area contributed by atoms with Crippen LogP contribution >= 0.6 is 0 Å². The third-order valence-electron chi connectivity index (χ3n) is 4.03. The molecule has 0 aliphatic carbocycles. The Morgan fingerprint density at radius 3 is 2.38 bits per heavy atom. The summed E-state index contributed by atoms with van der Waals surface area (Å²) in [5.41, 5.74) is 1.25. The van der Waals surface area contributed by atoms with E-state index in [0.717, 1.165) is 5.56 Å². The van der Waals surface area contributed by atoms with E-state index in [2.05, 4.69) is 10.0 Å². The fraction of sp³-hybridized carbons (Fsp3) is 0.316. The summed E-state index contributed by atoms with van der Waals surface area (Å²) in [4.78, 5) is 12.4. The van der Waals surface area contributed by atoms with Gasteiger partial charge in [0.2, 0.25) is 10.0 Å².